The molecule has 0 spiro atoms. The number of benzene rings is 2. The molecule has 4 heteroatoms. The summed E-state index contributed by atoms with van der Waals surface area (Å²) in [5, 5.41) is 3.42. The molecule has 116 valence electrons. The second-order valence-corrected chi connectivity index (χ2v) is 5.45. The molecule has 0 fully saturated rings. The number of halogens is 1. The molecule has 0 saturated carbocycles. The Labute approximate surface area is 136 Å². The Morgan fingerprint density at radius 3 is 2.73 bits per heavy atom. The quantitative estimate of drug-likeness (QED) is 0.716. The van der Waals surface area contributed by atoms with E-state index in [0.717, 1.165) is 19.3 Å². The van der Waals surface area contributed by atoms with Crippen molar-refractivity contribution in [3.05, 3.63) is 59.1 Å². The van der Waals surface area contributed by atoms with Crippen LogP contribution in [0.5, 0.6) is 5.75 Å². The maximum atomic E-state index is 12.4. The molecule has 3 nitrogen and oxygen atoms in total. The minimum atomic E-state index is -0.201. The lowest BCUT2D eigenvalue weighted by atomic mass is 10.2. The fourth-order valence-electron chi connectivity index (χ4n) is 2.08. The molecule has 0 aliphatic carbocycles. The van der Waals surface area contributed by atoms with Gasteiger partial charge in [0, 0.05) is 10.7 Å². The van der Waals surface area contributed by atoms with Crippen LogP contribution in [0.4, 0.5) is 5.69 Å². The van der Waals surface area contributed by atoms with Gasteiger partial charge in [0.25, 0.3) is 5.91 Å². The summed E-state index contributed by atoms with van der Waals surface area (Å²) in [7, 11) is 0. The molecule has 0 bridgehead atoms. The van der Waals surface area contributed by atoms with Crippen LogP contribution >= 0.6 is 11.6 Å². The van der Waals surface area contributed by atoms with Crippen molar-refractivity contribution in [2.75, 3.05) is 11.9 Å². The fraction of sp³-hybridized carbons (Fsp3) is 0.278. The highest BCUT2D eigenvalue weighted by atomic mass is 35.5. The summed E-state index contributed by atoms with van der Waals surface area (Å²) in [6.45, 7) is 2.77. The maximum Gasteiger partial charge on any atom is 0.259 e. The van der Waals surface area contributed by atoms with Crippen molar-refractivity contribution in [3.63, 3.8) is 0 Å². The molecule has 0 radical (unpaired) electrons. The summed E-state index contributed by atoms with van der Waals surface area (Å²) in [6, 6.07) is 14.3. The third kappa shape index (κ3) is 4.78. The Balaban J connectivity index is 2.05. The molecular formula is C18H20ClNO2. The van der Waals surface area contributed by atoms with E-state index in [-0.39, 0.29) is 5.91 Å². The van der Waals surface area contributed by atoms with Gasteiger partial charge >= 0.3 is 0 Å². The van der Waals surface area contributed by atoms with Crippen molar-refractivity contribution in [3.8, 4) is 5.75 Å². The Morgan fingerprint density at radius 2 is 1.95 bits per heavy atom. The zero-order chi connectivity index (χ0) is 15.8. The van der Waals surface area contributed by atoms with Crippen LogP contribution in [0, 0.1) is 0 Å². The van der Waals surface area contributed by atoms with Crippen LogP contribution in [0.3, 0.4) is 0 Å². The number of carbonyl (C=O) groups excluding carboxylic acids is 1. The van der Waals surface area contributed by atoms with Gasteiger partial charge in [-0.15, -0.1) is 0 Å². The zero-order valence-corrected chi connectivity index (χ0v) is 13.4. The molecule has 2 aromatic rings. The van der Waals surface area contributed by atoms with E-state index in [0.29, 0.717) is 28.6 Å². The normalized spacial score (nSPS) is 10.3. The number of unbranched alkanes of at least 4 members (excludes halogenated alkanes) is 2. The van der Waals surface area contributed by atoms with Crippen molar-refractivity contribution in [2.24, 2.45) is 0 Å². The van der Waals surface area contributed by atoms with Crippen LogP contribution in [0.2, 0.25) is 5.02 Å². The monoisotopic (exact) mass is 317 g/mol. The van der Waals surface area contributed by atoms with Gasteiger partial charge in [-0.2, -0.15) is 0 Å². The lowest BCUT2D eigenvalue weighted by molar-refractivity contribution is 0.102. The third-order valence-corrected chi connectivity index (χ3v) is 3.45. The molecule has 1 amide bonds. The van der Waals surface area contributed by atoms with Gasteiger partial charge in [0.15, 0.2) is 0 Å². The van der Waals surface area contributed by atoms with Gasteiger partial charge in [0.2, 0.25) is 0 Å². The van der Waals surface area contributed by atoms with Gasteiger partial charge in [0.1, 0.15) is 5.75 Å². The van der Waals surface area contributed by atoms with Crippen molar-refractivity contribution in [1.29, 1.82) is 0 Å². The van der Waals surface area contributed by atoms with Crippen molar-refractivity contribution in [2.45, 2.75) is 26.2 Å². The second-order valence-electron chi connectivity index (χ2n) is 5.02. The van der Waals surface area contributed by atoms with Gasteiger partial charge in [-0.1, -0.05) is 49.6 Å². The number of anilines is 1. The molecular weight excluding hydrogens is 298 g/mol. The first-order valence-corrected chi connectivity index (χ1v) is 7.87. The minimum Gasteiger partial charge on any atom is -0.493 e. The number of rotatable bonds is 7. The highest BCUT2D eigenvalue weighted by molar-refractivity contribution is 6.31. The summed E-state index contributed by atoms with van der Waals surface area (Å²) in [5.74, 6) is 0.409. The van der Waals surface area contributed by atoms with Crippen LogP contribution in [-0.4, -0.2) is 12.5 Å². The Kier molecular flexibility index (Phi) is 6.28. The molecule has 0 heterocycles. The van der Waals surface area contributed by atoms with Gasteiger partial charge in [-0.25, -0.2) is 0 Å². The van der Waals surface area contributed by atoms with Crippen molar-refractivity contribution in [1.82, 2.24) is 0 Å². The average molecular weight is 318 g/mol. The SMILES string of the molecule is CCCCCOc1ccccc1C(=O)Nc1cccc(Cl)c1. The van der Waals surface area contributed by atoms with E-state index in [1.165, 1.54) is 0 Å². The van der Waals surface area contributed by atoms with E-state index in [1.807, 2.05) is 18.2 Å². The molecule has 0 aromatic heterocycles. The molecule has 0 atom stereocenters. The molecule has 0 unspecified atom stereocenters. The summed E-state index contributed by atoms with van der Waals surface area (Å²) in [4.78, 5) is 12.4. The van der Waals surface area contributed by atoms with Crippen molar-refractivity contribution < 1.29 is 9.53 Å². The van der Waals surface area contributed by atoms with Gasteiger partial charge < -0.3 is 10.1 Å². The van der Waals surface area contributed by atoms with E-state index in [9.17, 15) is 4.79 Å². The first kappa shape index (κ1) is 16.4. The first-order chi connectivity index (χ1) is 10.7. The molecule has 1 N–H and O–H groups in total. The fourth-order valence-corrected chi connectivity index (χ4v) is 2.27. The summed E-state index contributed by atoms with van der Waals surface area (Å²) in [6.07, 6.45) is 3.25. The number of ether oxygens (including phenoxy) is 1. The van der Waals surface area contributed by atoms with E-state index in [1.54, 1.807) is 30.3 Å². The molecule has 2 rings (SSSR count). The van der Waals surface area contributed by atoms with Crippen LogP contribution < -0.4 is 10.1 Å². The van der Waals surface area contributed by atoms with E-state index >= 15 is 0 Å². The number of hydrogen-bond donors (Lipinski definition) is 1. The number of carbonyl (C=O) groups is 1. The third-order valence-electron chi connectivity index (χ3n) is 3.22. The maximum absolute atomic E-state index is 12.4. The molecule has 0 saturated heterocycles. The Bertz CT molecular complexity index is 628. The van der Waals surface area contributed by atoms with Crippen LogP contribution in [0.25, 0.3) is 0 Å². The predicted octanol–water partition coefficient (Wildman–Crippen LogP) is 5.16. The van der Waals surface area contributed by atoms with Crippen LogP contribution in [0.15, 0.2) is 48.5 Å². The smallest absolute Gasteiger partial charge is 0.259 e. The standard InChI is InChI=1S/C18H20ClNO2/c1-2-3-6-12-22-17-11-5-4-10-16(17)18(21)20-15-9-7-8-14(19)13-15/h4-5,7-11,13H,2-3,6,12H2,1H3,(H,20,21). The molecule has 2 aromatic carbocycles. The van der Waals surface area contributed by atoms with E-state index in [2.05, 4.69) is 12.2 Å². The number of hydrogen-bond acceptors (Lipinski definition) is 2. The summed E-state index contributed by atoms with van der Waals surface area (Å²) >= 11 is 5.93. The Morgan fingerprint density at radius 1 is 1.14 bits per heavy atom. The number of para-hydroxylation sites is 1. The highest BCUT2D eigenvalue weighted by Crippen LogP contribution is 2.21. The van der Waals surface area contributed by atoms with E-state index in [4.69, 9.17) is 16.3 Å². The highest BCUT2D eigenvalue weighted by Gasteiger charge is 2.12. The average Bonchev–Trinajstić information content (AvgIpc) is 2.52. The first-order valence-electron chi connectivity index (χ1n) is 7.49. The second kappa shape index (κ2) is 8.44. The van der Waals surface area contributed by atoms with Gasteiger partial charge in [0.05, 0.1) is 12.2 Å². The van der Waals surface area contributed by atoms with Crippen LogP contribution in [0.1, 0.15) is 36.5 Å². The largest absolute Gasteiger partial charge is 0.493 e. The molecule has 0 aliphatic rings. The van der Waals surface area contributed by atoms with Crippen LogP contribution in [-0.2, 0) is 0 Å². The molecule has 22 heavy (non-hydrogen) atoms. The summed E-state index contributed by atoms with van der Waals surface area (Å²) in [5.41, 5.74) is 1.19. The van der Waals surface area contributed by atoms with Gasteiger partial charge in [-0.3, -0.25) is 4.79 Å². The number of nitrogens with one attached hydrogen (secondary N) is 1. The zero-order valence-electron chi connectivity index (χ0n) is 12.6. The summed E-state index contributed by atoms with van der Waals surface area (Å²) < 4.78 is 5.73. The van der Waals surface area contributed by atoms with E-state index < -0.39 is 0 Å². The lowest BCUT2D eigenvalue weighted by Gasteiger charge is -2.11. The predicted molar refractivity (Wildman–Crippen MR) is 90.9 cm³/mol. The topological polar surface area (TPSA) is 38.3 Å². The van der Waals surface area contributed by atoms with Gasteiger partial charge in [-0.05, 0) is 36.8 Å². The van der Waals surface area contributed by atoms with Crippen molar-refractivity contribution >= 4 is 23.2 Å². The Hall–Kier alpha value is -2.00. The number of amides is 1. The molecule has 0 aliphatic heterocycles. The lowest BCUT2D eigenvalue weighted by Crippen LogP contribution is -2.14. The minimum absolute atomic E-state index is 0.201.